The van der Waals surface area contributed by atoms with Gasteiger partial charge in [-0.05, 0) is 0 Å². The summed E-state index contributed by atoms with van der Waals surface area (Å²) in [6.45, 7) is 2.32. The van der Waals surface area contributed by atoms with Gasteiger partial charge in [0.1, 0.15) is 0 Å². The van der Waals surface area contributed by atoms with E-state index >= 15 is 0 Å². The molecule has 0 unspecified atom stereocenters. The first-order valence-corrected chi connectivity index (χ1v) is 12.6. The topological polar surface area (TPSA) is 55.0 Å². The van der Waals surface area contributed by atoms with Crippen LogP contribution in [0.3, 0.4) is 0 Å². The molecule has 2 heterocycles. The number of rotatable bonds is 3. The standard InChI is InChI=1S/C19H28AsN4/c1-20-15-2-3-24(11-15)17-7-16(22-18(21)23-17)19-8-12-4-13(9-19)6-14(5-12)10-19/h7,12-15H,2-6,8-11H2,1H3,(H2,21,22,23)/t12?,13?,14?,15-,19?/m1/s1. The molecule has 0 spiro atoms. The molecule has 6 rings (SSSR count). The van der Waals surface area contributed by atoms with Gasteiger partial charge in [-0.15, -0.1) is 0 Å². The molecule has 0 aromatic carbocycles. The van der Waals surface area contributed by atoms with Gasteiger partial charge in [-0.2, -0.15) is 0 Å². The summed E-state index contributed by atoms with van der Waals surface area (Å²) in [7, 11) is 0. The number of nitrogen functional groups attached to an aromatic ring is 1. The molecular weight excluding hydrogens is 359 g/mol. The Morgan fingerprint density at radius 2 is 1.79 bits per heavy atom. The van der Waals surface area contributed by atoms with Crippen LogP contribution in [0.25, 0.3) is 0 Å². The second-order valence-electron chi connectivity index (χ2n) is 8.81. The van der Waals surface area contributed by atoms with Crippen LogP contribution in [0.15, 0.2) is 6.07 Å². The van der Waals surface area contributed by atoms with E-state index in [-0.39, 0.29) is 0 Å². The predicted octanol–water partition coefficient (Wildman–Crippen LogP) is 3.28. The Bertz CT molecular complexity index is 611. The fraction of sp³-hybridized carbons (Fsp3) is 0.789. The normalized spacial score (nSPS) is 41.0. The molecule has 5 heteroatoms. The summed E-state index contributed by atoms with van der Waals surface area (Å²) < 4.78 is 0.903. The van der Waals surface area contributed by atoms with E-state index in [2.05, 4.69) is 21.7 Å². The molecule has 1 radical (unpaired) electrons. The minimum atomic E-state index is 0.316. The monoisotopic (exact) mass is 387 g/mol. The van der Waals surface area contributed by atoms with Crippen molar-refractivity contribution < 1.29 is 0 Å². The van der Waals surface area contributed by atoms with E-state index in [0.29, 0.717) is 27.1 Å². The van der Waals surface area contributed by atoms with Crippen LogP contribution < -0.4 is 10.6 Å². The van der Waals surface area contributed by atoms with Gasteiger partial charge in [0, 0.05) is 0 Å². The molecule has 1 aromatic rings. The van der Waals surface area contributed by atoms with Crippen molar-refractivity contribution in [3.8, 4) is 0 Å². The fourth-order valence-corrected chi connectivity index (χ4v) is 8.01. The number of nitrogens with zero attached hydrogens (tertiary/aromatic N) is 3. The second kappa shape index (κ2) is 5.62. The van der Waals surface area contributed by atoms with Gasteiger partial charge in [0.2, 0.25) is 0 Å². The maximum absolute atomic E-state index is 6.17. The van der Waals surface area contributed by atoms with Crippen molar-refractivity contribution in [3.63, 3.8) is 0 Å². The minimum absolute atomic E-state index is 0.316. The molecule has 4 bridgehead atoms. The van der Waals surface area contributed by atoms with Crippen molar-refractivity contribution in [2.75, 3.05) is 23.7 Å². The average molecular weight is 387 g/mol. The SMILES string of the molecule is C[As][C@@H]1CCN(c2cc(C34CC5CC(CC(C5)C3)C4)nc(N)n2)C1. The molecular formula is C19H28AsN4. The van der Waals surface area contributed by atoms with Gasteiger partial charge in [-0.25, -0.2) is 0 Å². The molecule has 4 nitrogen and oxygen atoms in total. The Labute approximate surface area is 151 Å². The van der Waals surface area contributed by atoms with Crippen molar-refractivity contribution in [3.05, 3.63) is 11.8 Å². The van der Waals surface area contributed by atoms with E-state index in [1.165, 1.54) is 57.2 Å². The zero-order chi connectivity index (χ0) is 16.3. The van der Waals surface area contributed by atoms with Crippen LogP contribution in [0, 0.1) is 17.8 Å². The first-order chi connectivity index (χ1) is 11.6. The summed E-state index contributed by atoms with van der Waals surface area (Å²) in [4.78, 5) is 11.9. The van der Waals surface area contributed by atoms with Crippen molar-refractivity contribution in [2.45, 2.75) is 60.8 Å². The molecule has 4 aliphatic carbocycles. The van der Waals surface area contributed by atoms with Gasteiger partial charge in [-0.3, -0.25) is 0 Å². The molecule has 1 saturated heterocycles. The van der Waals surface area contributed by atoms with Gasteiger partial charge in [-0.1, -0.05) is 0 Å². The summed E-state index contributed by atoms with van der Waals surface area (Å²) >= 11 is 0.467. The van der Waals surface area contributed by atoms with E-state index in [1.54, 1.807) is 0 Å². The van der Waals surface area contributed by atoms with Gasteiger partial charge >= 0.3 is 152 Å². The number of anilines is 2. The average Bonchev–Trinajstić information content (AvgIpc) is 3.02. The fourth-order valence-electron chi connectivity index (χ4n) is 6.47. The Kier molecular flexibility index (Phi) is 3.63. The summed E-state index contributed by atoms with van der Waals surface area (Å²) in [5.74, 6) is 4.42. The van der Waals surface area contributed by atoms with Crippen LogP contribution in [0.4, 0.5) is 11.8 Å². The molecule has 24 heavy (non-hydrogen) atoms. The molecule has 0 amide bonds. The molecule has 4 saturated carbocycles. The van der Waals surface area contributed by atoms with Crippen molar-refractivity contribution in [1.82, 2.24) is 9.97 Å². The Hall–Kier alpha value is -0.762. The van der Waals surface area contributed by atoms with Crippen LogP contribution >= 0.6 is 0 Å². The quantitative estimate of drug-likeness (QED) is 0.809. The summed E-state index contributed by atoms with van der Waals surface area (Å²) in [6.07, 6.45) is 9.78. The van der Waals surface area contributed by atoms with Gasteiger partial charge in [0.05, 0.1) is 0 Å². The molecule has 1 aromatic heterocycles. The third-order valence-electron chi connectivity index (χ3n) is 7.16. The van der Waals surface area contributed by atoms with Crippen LogP contribution in [0.1, 0.15) is 50.6 Å². The molecule has 5 fully saturated rings. The number of nitrogens with two attached hydrogens (primary N) is 1. The van der Waals surface area contributed by atoms with Crippen LogP contribution in [-0.4, -0.2) is 38.8 Å². The van der Waals surface area contributed by atoms with Crippen LogP contribution in [0.2, 0.25) is 10.4 Å². The van der Waals surface area contributed by atoms with Crippen LogP contribution in [-0.2, 0) is 5.41 Å². The zero-order valence-corrected chi connectivity index (χ0v) is 16.5. The van der Waals surface area contributed by atoms with E-state index in [4.69, 9.17) is 10.7 Å². The van der Waals surface area contributed by atoms with Gasteiger partial charge < -0.3 is 0 Å². The second-order valence-corrected chi connectivity index (χ2v) is 11.4. The van der Waals surface area contributed by atoms with Crippen LogP contribution in [0.5, 0.6) is 0 Å². The van der Waals surface area contributed by atoms with E-state index in [0.717, 1.165) is 34.8 Å². The molecule has 5 aliphatic rings. The van der Waals surface area contributed by atoms with E-state index < -0.39 is 0 Å². The number of aromatic nitrogens is 2. The molecule has 129 valence electrons. The summed E-state index contributed by atoms with van der Waals surface area (Å²) in [6, 6.07) is 2.32. The maximum atomic E-state index is 6.17. The first-order valence-electron chi connectivity index (χ1n) is 9.62. The Balaban J connectivity index is 1.48. The van der Waals surface area contributed by atoms with E-state index in [1.807, 2.05) is 0 Å². The van der Waals surface area contributed by atoms with Gasteiger partial charge in [0.15, 0.2) is 0 Å². The first kappa shape index (κ1) is 15.5. The number of hydrogen-bond donors (Lipinski definition) is 1. The number of hydrogen-bond acceptors (Lipinski definition) is 4. The molecule has 1 atom stereocenters. The Morgan fingerprint density at radius 3 is 2.38 bits per heavy atom. The van der Waals surface area contributed by atoms with Crippen molar-refractivity contribution in [1.29, 1.82) is 0 Å². The third-order valence-corrected chi connectivity index (χ3v) is 9.58. The third kappa shape index (κ3) is 2.48. The summed E-state index contributed by atoms with van der Waals surface area (Å²) in [5.41, 5.74) is 10.1. The van der Waals surface area contributed by atoms with Crippen molar-refractivity contribution in [2.24, 2.45) is 17.8 Å². The Morgan fingerprint density at radius 1 is 1.12 bits per heavy atom. The van der Waals surface area contributed by atoms with Gasteiger partial charge in [0.25, 0.3) is 0 Å². The molecule has 1 aliphatic heterocycles. The zero-order valence-electron chi connectivity index (χ0n) is 14.6. The molecule has 2 N–H and O–H groups in total. The van der Waals surface area contributed by atoms with Crippen molar-refractivity contribution >= 4 is 27.5 Å². The summed E-state index contributed by atoms with van der Waals surface area (Å²) in [5, 5.41) is 0. The van der Waals surface area contributed by atoms with E-state index in [9.17, 15) is 0 Å². The predicted molar refractivity (Wildman–Crippen MR) is 98.5 cm³/mol.